The SMILES string of the molecule is CC1CCCN(Cc2ccc(-c3n[nH]nc3C(N)=O)cc2F)C1. The third kappa shape index (κ3) is 3.39. The van der Waals surface area contributed by atoms with E-state index in [0.29, 0.717) is 23.6 Å². The fourth-order valence-electron chi connectivity index (χ4n) is 3.10. The van der Waals surface area contributed by atoms with Crippen LogP contribution in [0.5, 0.6) is 0 Å². The molecule has 3 N–H and O–H groups in total. The van der Waals surface area contributed by atoms with E-state index in [4.69, 9.17) is 5.73 Å². The molecule has 1 fully saturated rings. The van der Waals surface area contributed by atoms with Crippen LogP contribution in [0.1, 0.15) is 35.8 Å². The predicted octanol–water partition coefficient (Wildman–Crippen LogP) is 1.94. The molecule has 1 aromatic carbocycles. The third-order valence-electron chi connectivity index (χ3n) is 4.24. The van der Waals surface area contributed by atoms with Crippen molar-refractivity contribution in [1.29, 1.82) is 0 Å². The second kappa shape index (κ2) is 6.45. The van der Waals surface area contributed by atoms with Gasteiger partial charge in [-0.3, -0.25) is 9.69 Å². The monoisotopic (exact) mass is 317 g/mol. The molecule has 1 aliphatic heterocycles. The Labute approximate surface area is 133 Å². The standard InChI is InChI=1S/C16H20FN5O/c1-10-3-2-6-22(8-10)9-12-5-4-11(7-13(12)17)14-15(16(18)23)20-21-19-14/h4-5,7,10H,2-3,6,8-9H2,1H3,(H2,18,23)(H,19,20,21). The van der Waals surface area contributed by atoms with Crippen LogP contribution in [0, 0.1) is 11.7 Å². The molecule has 1 aliphatic rings. The van der Waals surface area contributed by atoms with Crippen molar-refractivity contribution in [2.45, 2.75) is 26.3 Å². The van der Waals surface area contributed by atoms with Gasteiger partial charge in [-0.1, -0.05) is 19.1 Å². The minimum absolute atomic E-state index is 0.0157. The number of primary amides is 1. The highest BCUT2D eigenvalue weighted by molar-refractivity contribution is 5.96. The average Bonchev–Trinajstić information content (AvgIpc) is 2.99. The zero-order chi connectivity index (χ0) is 16.4. The topological polar surface area (TPSA) is 87.9 Å². The van der Waals surface area contributed by atoms with Gasteiger partial charge in [-0.15, -0.1) is 0 Å². The first kappa shape index (κ1) is 15.6. The molecule has 0 aliphatic carbocycles. The third-order valence-corrected chi connectivity index (χ3v) is 4.24. The maximum Gasteiger partial charge on any atom is 0.271 e. The van der Waals surface area contributed by atoms with Crippen molar-refractivity contribution in [2.24, 2.45) is 11.7 Å². The number of carbonyl (C=O) groups is 1. The van der Waals surface area contributed by atoms with Crippen LogP contribution in [0.4, 0.5) is 4.39 Å². The summed E-state index contributed by atoms with van der Waals surface area (Å²) in [6.07, 6.45) is 2.39. The lowest BCUT2D eigenvalue weighted by Crippen LogP contribution is -2.33. The summed E-state index contributed by atoms with van der Waals surface area (Å²) in [5.41, 5.74) is 6.66. The maximum absolute atomic E-state index is 14.4. The Hall–Kier alpha value is -2.28. The molecule has 1 aromatic heterocycles. The molecule has 1 saturated heterocycles. The normalized spacial score (nSPS) is 19.0. The molecule has 1 unspecified atom stereocenters. The zero-order valence-electron chi connectivity index (χ0n) is 13.1. The largest absolute Gasteiger partial charge is 0.364 e. The highest BCUT2D eigenvalue weighted by atomic mass is 19.1. The summed E-state index contributed by atoms with van der Waals surface area (Å²) in [7, 11) is 0. The van der Waals surface area contributed by atoms with Crippen LogP contribution in [0.15, 0.2) is 18.2 Å². The molecule has 6 nitrogen and oxygen atoms in total. The van der Waals surface area contributed by atoms with E-state index in [2.05, 4.69) is 27.2 Å². The number of nitrogens with two attached hydrogens (primary N) is 1. The number of piperidine rings is 1. The summed E-state index contributed by atoms with van der Waals surface area (Å²) in [6.45, 7) is 4.82. The van der Waals surface area contributed by atoms with E-state index >= 15 is 0 Å². The number of carbonyl (C=O) groups excluding carboxylic acids is 1. The van der Waals surface area contributed by atoms with Crippen LogP contribution in [0.3, 0.4) is 0 Å². The van der Waals surface area contributed by atoms with E-state index < -0.39 is 5.91 Å². The first-order chi connectivity index (χ1) is 11.0. The minimum atomic E-state index is -0.694. The summed E-state index contributed by atoms with van der Waals surface area (Å²) in [6, 6.07) is 4.87. The number of halogens is 1. The minimum Gasteiger partial charge on any atom is -0.364 e. The number of nitrogens with one attached hydrogen (secondary N) is 1. The van der Waals surface area contributed by atoms with Gasteiger partial charge < -0.3 is 5.73 Å². The summed E-state index contributed by atoms with van der Waals surface area (Å²) in [5, 5.41) is 9.95. The molecule has 0 spiro atoms. The van der Waals surface area contributed by atoms with Crippen LogP contribution >= 0.6 is 0 Å². The molecule has 0 bridgehead atoms. The van der Waals surface area contributed by atoms with Crippen LogP contribution in [0.2, 0.25) is 0 Å². The van der Waals surface area contributed by atoms with Crippen molar-refractivity contribution in [3.8, 4) is 11.3 Å². The smallest absolute Gasteiger partial charge is 0.271 e. The number of amides is 1. The van der Waals surface area contributed by atoms with Gasteiger partial charge >= 0.3 is 0 Å². The Morgan fingerprint density at radius 1 is 1.48 bits per heavy atom. The first-order valence-electron chi connectivity index (χ1n) is 7.76. The van der Waals surface area contributed by atoms with Gasteiger partial charge in [0.05, 0.1) is 0 Å². The number of aromatic nitrogens is 3. The van der Waals surface area contributed by atoms with E-state index in [1.807, 2.05) is 0 Å². The van der Waals surface area contributed by atoms with Crippen LogP contribution < -0.4 is 5.73 Å². The van der Waals surface area contributed by atoms with Crippen LogP contribution in [-0.2, 0) is 6.54 Å². The molecule has 0 radical (unpaired) electrons. The van der Waals surface area contributed by atoms with Gasteiger partial charge in [0.25, 0.3) is 5.91 Å². The number of likely N-dealkylation sites (tertiary alicyclic amines) is 1. The lowest BCUT2D eigenvalue weighted by molar-refractivity contribution is 0.0996. The van der Waals surface area contributed by atoms with Crippen LogP contribution in [-0.4, -0.2) is 39.3 Å². The maximum atomic E-state index is 14.4. The first-order valence-corrected chi connectivity index (χ1v) is 7.76. The number of nitrogens with zero attached hydrogens (tertiary/aromatic N) is 3. The molecule has 1 amide bonds. The van der Waals surface area contributed by atoms with Gasteiger partial charge in [0.2, 0.25) is 0 Å². The number of rotatable bonds is 4. The van der Waals surface area contributed by atoms with Crippen molar-refractivity contribution in [3.05, 3.63) is 35.3 Å². The van der Waals surface area contributed by atoms with E-state index in [-0.39, 0.29) is 17.2 Å². The number of H-pyrrole nitrogens is 1. The fraction of sp³-hybridized carbons (Fsp3) is 0.438. The lowest BCUT2D eigenvalue weighted by Gasteiger charge is -2.30. The van der Waals surface area contributed by atoms with Gasteiger partial charge in [0, 0.05) is 24.2 Å². The Kier molecular flexibility index (Phi) is 4.38. The quantitative estimate of drug-likeness (QED) is 0.902. The zero-order valence-corrected chi connectivity index (χ0v) is 13.1. The van der Waals surface area contributed by atoms with Gasteiger partial charge in [-0.2, -0.15) is 15.4 Å². The molecular weight excluding hydrogens is 297 g/mol. The second-order valence-electron chi connectivity index (χ2n) is 6.17. The molecule has 2 heterocycles. The molecule has 23 heavy (non-hydrogen) atoms. The summed E-state index contributed by atoms with van der Waals surface area (Å²) >= 11 is 0. The Morgan fingerprint density at radius 3 is 3.00 bits per heavy atom. The van der Waals surface area contributed by atoms with E-state index in [0.717, 1.165) is 19.5 Å². The number of hydrogen-bond donors (Lipinski definition) is 2. The summed E-state index contributed by atoms with van der Waals surface area (Å²) < 4.78 is 14.4. The highest BCUT2D eigenvalue weighted by Crippen LogP contribution is 2.24. The van der Waals surface area contributed by atoms with Crippen molar-refractivity contribution >= 4 is 5.91 Å². The lowest BCUT2D eigenvalue weighted by atomic mass is 9.99. The van der Waals surface area contributed by atoms with Gasteiger partial charge in [0.15, 0.2) is 5.69 Å². The van der Waals surface area contributed by atoms with E-state index in [1.165, 1.54) is 12.5 Å². The molecule has 3 rings (SSSR count). The summed E-state index contributed by atoms with van der Waals surface area (Å²) in [5.74, 6) is -0.348. The Morgan fingerprint density at radius 2 is 2.30 bits per heavy atom. The Bertz CT molecular complexity index is 714. The molecule has 1 atom stereocenters. The highest BCUT2D eigenvalue weighted by Gasteiger charge is 2.19. The van der Waals surface area contributed by atoms with Crippen molar-refractivity contribution in [2.75, 3.05) is 13.1 Å². The fourth-order valence-corrected chi connectivity index (χ4v) is 3.10. The van der Waals surface area contributed by atoms with E-state index in [1.54, 1.807) is 12.1 Å². The molecular formula is C16H20FN5O. The molecule has 7 heteroatoms. The van der Waals surface area contributed by atoms with Gasteiger partial charge in [-0.25, -0.2) is 4.39 Å². The van der Waals surface area contributed by atoms with Crippen molar-refractivity contribution in [3.63, 3.8) is 0 Å². The number of aromatic amines is 1. The molecule has 122 valence electrons. The molecule has 2 aromatic rings. The van der Waals surface area contributed by atoms with Gasteiger partial charge in [0.1, 0.15) is 11.5 Å². The van der Waals surface area contributed by atoms with Crippen LogP contribution in [0.25, 0.3) is 11.3 Å². The van der Waals surface area contributed by atoms with Gasteiger partial charge in [-0.05, 0) is 31.4 Å². The summed E-state index contributed by atoms with van der Waals surface area (Å²) in [4.78, 5) is 13.6. The van der Waals surface area contributed by atoms with Crippen molar-refractivity contribution < 1.29 is 9.18 Å². The second-order valence-corrected chi connectivity index (χ2v) is 6.17. The average molecular weight is 317 g/mol. The Balaban J connectivity index is 1.80. The predicted molar refractivity (Wildman–Crippen MR) is 84.0 cm³/mol. The van der Waals surface area contributed by atoms with E-state index in [9.17, 15) is 9.18 Å². The van der Waals surface area contributed by atoms with Crippen molar-refractivity contribution in [1.82, 2.24) is 20.3 Å². The number of benzene rings is 1. The molecule has 0 saturated carbocycles. The number of hydrogen-bond acceptors (Lipinski definition) is 4.